The SMILES string of the molecule is COc1cc(C)c2c(c1C)C[C@H]([C@H](C)C(=O)N1CCN(CCO)CC1)CC2. The number of benzene rings is 1. The molecular formula is C22H34N2O3. The molecule has 2 aliphatic rings. The lowest BCUT2D eigenvalue weighted by atomic mass is 9.74. The van der Waals surface area contributed by atoms with E-state index in [4.69, 9.17) is 9.84 Å². The van der Waals surface area contributed by atoms with E-state index in [0.29, 0.717) is 18.4 Å². The lowest BCUT2D eigenvalue weighted by Gasteiger charge is -2.38. The van der Waals surface area contributed by atoms with Crippen molar-refractivity contribution in [2.75, 3.05) is 46.4 Å². The molecule has 0 aromatic heterocycles. The van der Waals surface area contributed by atoms with Gasteiger partial charge in [0.2, 0.25) is 5.91 Å². The van der Waals surface area contributed by atoms with Crippen LogP contribution in [0.4, 0.5) is 0 Å². The third kappa shape index (κ3) is 4.14. The van der Waals surface area contributed by atoms with Crippen LogP contribution in [0.15, 0.2) is 6.07 Å². The van der Waals surface area contributed by atoms with Crippen LogP contribution >= 0.6 is 0 Å². The van der Waals surface area contributed by atoms with Crippen molar-refractivity contribution in [1.29, 1.82) is 0 Å². The molecular weight excluding hydrogens is 340 g/mol. The van der Waals surface area contributed by atoms with E-state index >= 15 is 0 Å². The molecule has 0 unspecified atom stereocenters. The van der Waals surface area contributed by atoms with Gasteiger partial charge in [0.25, 0.3) is 0 Å². The van der Waals surface area contributed by atoms with Crippen molar-refractivity contribution in [3.05, 3.63) is 28.3 Å². The molecule has 1 N–H and O–H groups in total. The van der Waals surface area contributed by atoms with E-state index in [-0.39, 0.29) is 12.5 Å². The fourth-order valence-electron chi connectivity index (χ4n) is 4.79. The van der Waals surface area contributed by atoms with Crippen molar-refractivity contribution in [3.8, 4) is 5.75 Å². The summed E-state index contributed by atoms with van der Waals surface area (Å²) in [7, 11) is 1.73. The molecule has 0 radical (unpaired) electrons. The van der Waals surface area contributed by atoms with Gasteiger partial charge in [-0.15, -0.1) is 0 Å². The number of ether oxygens (including phenoxy) is 1. The maximum absolute atomic E-state index is 13.1. The molecule has 1 aliphatic heterocycles. The lowest BCUT2D eigenvalue weighted by molar-refractivity contribution is -0.138. The summed E-state index contributed by atoms with van der Waals surface area (Å²) in [5.74, 6) is 1.70. The molecule has 1 aromatic carbocycles. The summed E-state index contributed by atoms with van der Waals surface area (Å²) in [4.78, 5) is 17.3. The first-order valence-electron chi connectivity index (χ1n) is 10.2. The number of methoxy groups -OCH3 is 1. The highest BCUT2D eigenvalue weighted by Crippen LogP contribution is 2.38. The Hall–Kier alpha value is -1.59. The first-order valence-corrected chi connectivity index (χ1v) is 10.2. The van der Waals surface area contributed by atoms with Gasteiger partial charge in [-0.3, -0.25) is 9.69 Å². The number of hydrogen-bond acceptors (Lipinski definition) is 4. The van der Waals surface area contributed by atoms with Crippen molar-refractivity contribution in [3.63, 3.8) is 0 Å². The Morgan fingerprint density at radius 1 is 1.26 bits per heavy atom. The molecule has 5 nitrogen and oxygen atoms in total. The predicted octanol–water partition coefficient (Wildman–Crippen LogP) is 2.19. The highest BCUT2D eigenvalue weighted by Gasteiger charge is 2.33. The molecule has 1 fully saturated rings. The Morgan fingerprint density at radius 2 is 1.96 bits per heavy atom. The summed E-state index contributed by atoms with van der Waals surface area (Å²) in [5.41, 5.74) is 5.40. The summed E-state index contributed by atoms with van der Waals surface area (Å²) < 4.78 is 5.56. The number of piperazine rings is 1. The summed E-state index contributed by atoms with van der Waals surface area (Å²) in [6.45, 7) is 10.6. The summed E-state index contributed by atoms with van der Waals surface area (Å²) in [5, 5.41) is 9.08. The Labute approximate surface area is 163 Å². The Kier molecular flexibility index (Phi) is 6.43. The van der Waals surface area contributed by atoms with Crippen LogP contribution < -0.4 is 4.74 Å². The zero-order valence-electron chi connectivity index (χ0n) is 17.3. The van der Waals surface area contributed by atoms with Crippen molar-refractivity contribution in [2.45, 2.75) is 40.0 Å². The molecule has 0 bridgehead atoms. The second kappa shape index (κ2) is 8.61. The van der Waals surface area contributed by atoms with Crippen molar-refractivity contribution in [2.24, 2.45) is 11.8 Å². The average molecular weight is 375 g/mol. The van der Waals surface area contributed by atoms with Crippen LogP contribution in [0.3, 0.4) is 0 Å². The molecule has 1 saturated heterocycles. The smallest absolute Gasteiger partial charge is 0.225 e. The Balaban J connectivity index is 1.68. The van der Waals surface area contributed by atoms with Gasteiger partial charge in [0.1, 0.15) is 5.75 Å². The van der Waals surface area contributed by atoms with Gasteiger partial charge in [-0.1, -0.05) is 6.92 Å². The van der Waals surface area contributed by atoms with E-state index in [1.807, 2.05) is 4.90 Å². The number of aliphatic hydroxyl groups is 1. The van der Waals surface area contributed by atoms with Gasteiger partial charge >= 0.3 is 0 Å². The normalized spacial score (nSPS) is 21.7. The topological polar surface area (TPSA) is 53.0 Å². The first-order chi connectivity index (χ1) is 13.0. The van der Waals surface area contributed by atoms with Crippen molar-refractivity contribution < 1.29 is 14.6 Å². The largest absolute Gasteiger partial charge is 0.496 e. The lowest BCUT2D eigenvalue weighted by Crippen LogP contribution is -2.51. The van der Waals surface area contributed by atoms with Crippen molar-refractivity contribution >= 4 is 5.91 Å². The van der Waals surface area contributed by atoms with E-state index in [1.54, 1.807) is 7.11 Å². The number of nitrogens with zero attached hydrogens (tertiary/aromatic N) is 2. The number of rotatable bonds is 5. The molecule has 1 aromatic rings. The van der Waals surface area contributed by atoms with E-state index < -0.39 is 0 Å². The number of aliphatic hydroxyl groups excluding tert-OH is 1. The standard InChI is InChI=1S/C22H34N2O3/c1-15-13-21(27-4)17(3)20-14-18(5-6-19(15)20)16(2)22(26)24-9-7-23(8-10-24)11-12-25/h13,16,18,25H,5-12,14H2,1-4H3/t16-,18+/m0/s1. The van der Waals surface area contributed by atoms with E-state index in [2.05, 4.69) is 31.7 Å². The molecule has 2 atom stereocenters. The van der Waals surface area contributed by atoms with Crippen molar-refractivity contribution in [1.82, 2.24) is 9.80 Å². The van der Waals surface area contributed by atoms with Crippen LogP contribution in [0.5, 0.6) is 5.75 Å². The number of carbonyl (C=O) groups is 1. The zero-order chi connectivity index (χ0) is 19.6. The molecule has 0 saturated carbocycles. The quantitative estimate of drug-likeness (QED) is 0.858. The van der Waals surface area contributed by atoms with Crippen LogP contribution in [0.25, 0.3) is 0 Å². The minimum Gasteiger partial charge on any atom is -0.496 e. The molecule has 1 aliphatic carbocycles. The third-order valence-electron chi connectivity index (χ3n) is 6.66. The van der Waals surface area contributed by atoms with Crippen LogP contribution in [0, 0.1) is 25.7 Å². The second-order valence-electron chi connectivity index (χ2n) is 8.16. The Bertz CT molecular complexity index is 681. The fourth-order valence-corrected chi connectivity index (χ4v) is 4.79. The zero-order valence-corrected chi connectivity index (χ0v) is 17.3. The number of aryl methyl sites for hydroxylation is 1. The number of carbonyl (C=O) groups excluding carboxylic acids is 1. The predicted molar refractivity (Wildman–Crippen MR) is 107 cm³/mol. The minimum atomic E-state index is 0.0495. The number of amides is 1. The van der Waals surface area contributed by atoms with Gasteiger partial charge in [-0.25, -0.2) is 0 Å². The van der Waals surface area contributed by atoms with E-state index in [9.17, 15) is 4.79 Å². The number of fused-ring (bicyclic) bond motifs is 1. The molecule has 0 spiro atoms. The van der Waals surface area contributed by atoms with Gasteiger partial charge in [0, 0.05) is 38.6 Å². The van der Waals surface area contributed by atoms with Gasteiger partial charge in [-0.05, 0) is 67.3 Å². The molecule has 150 valence electrons. The maximum atomic E-state index is 13.1. The third-order valence-corrected chi connectivity index (χ3v) is 6.66. The summed E-state index contributed by atoms with van der Waals surface area (Å²) >= 11 is 0. The van der Waals surface area contributed by atoms with Gasteiger partial charge in [0.15, 0.2) is 0 Å². The summed E-state index contributed by atoms with van der Waals surface area (Å²) in [6.07, 6.45) is 3.10. The highest BCUT2D eigenvalue weighted by atomic mass is 16.5. The molecule has 1 heterocycles. The number of hydrogen-bond donors (Lipinski definition) is 1. The summed E-state index contributed by atoms with van der Waals surface area (Å²) in [6, 6.07) is 2.15. The van der Waals surface area contributed by atoms with E-state index in [1.165, 1.54) is 22.3 Å². The highest BCUT2D eigenvalue weighted by molar-refractivity contribution is 5.79. The van der Waals surface area contributed by atoms with E-state index in [0.717, 1.165) is 51.2 Å². The average Bonchev–Trinajstić information content (AvgIpc) is 2.70. The van der Waals surface area contributed by atoms with Gasteiger partial charge in [0.05, 0.1) is 13.7 Å². The molecule has 1 amide bonds. The monoisotopic (exact) mass is 374 g/mol. The fraction of sp³-hybridized carbons (Fsp3) is 0.682. The van der Waals surface area contributed by atoms with Gasteiger partial charge < -0.3 is 14.7 Å². The molecule has 5 heteroatoms. The van der Waals surface area contributed by atoms with Crippen LogP contribution in [-0.2, 0) is 17.6 Å². The minimum absolute atomic E-state index is 0.0495. The Morgan fingerprint density at radius 3 is 2.59 bits per heavy atom. The van der Waals surface area contributed by atoms with Gasteiger partial charge in [-0.2, -0.15) is 0 Å². The number of β-amino-alcohol motifs (C(OH)–C–C–N with tert-alkyl or cyclic N) is 1. The van der Waals surface area contributed by atoms with Crippen LogP contribution in [0.2, 0.25) is 0 Å². The molecule has 27 heavy (non-hydrogen) atoms. The van der Waals surface area contributed by atoms with Crippen LogP contribution in [-0.4, -0.2) is 67.3 Å². The maximum Gasteiger partial charge on any atom is 0.225 e. The second-order valence-corrected chi connectivity index (χ2v) is 8.16. The first kappa shape index (κ1) is 20.2. The van der Waals surface area contributed by atoms with Crippen LogP contribution in [0.1, 0.15) is 35.6 Å². The molecule has 3 rings (SSSR count).